The highest BCUT2D eigenvalue weighted by molar-refractivity contribution is 6.08. The molecular weight excluding hydrogens is 328 g/mol. The third kappa shape index (κ3) is 2.91. The first-order chi connectivity index (χ1) is 11.3. The van der Waals surface area contributed by atoms with Crippen LogP contribution < -0.4 is 9.64 Å². The normalized spacial score (nSPS) is 17.2. The van der Waals surface area contributed by atoms with E-state index in [-0.39, 0.29) is 18.1 Å². The van der Waals surface area contributed by atoms with Gasteiger partial charge in [-0.15, -0.1) is 0 Å². The number of halogens is 4. The second kappa shape index (κ2) is 5.77. The Balaban J connectivity index is 2.08. The molecular formula is C16H12F4N2O2. The number of alkyl halides is 3. The summed E-state index contributed by atoms with van der Waals surface area (Å²) in [5, 5.41) is 0. The number of nitrogens with zero attached hydrogens (tertiary/aromatic N) is 2. The molecule has 1 aliphatic rings. The molecule has 1 unspecified atom stereocenters. The van der Waals surface area contributed by atoms with Crippen LogP contribution in [-0.2, 0) is 6.18 Å². The van der Waals surface area contributed by atoms with Crippen LogP contribution >= 0.6 is 0 Å². The highest BCUT2D eigenvalue weighted by Gasteiger charge is 2.38. The Morgan fingerprint density at radius 3 is 2.79 bits per heavy atom. The molecule has 1 aromatic heterocycles. The molecule has 0 saturated carbocycles. The maximum atomic E-state index is 13.2. The number of amides is 1. The molecule has 24 heavy (non-hydrogen) atoms. The average molecular weight is 340 g/mol. The van der Waals surface area contributed by atoms with Gasteiger partial charge in [0, 0.05) is 6.20 Å². The van der Waals surface area contributed by atoms with Gasteiger partial charge in [-0.1, -0.05) is 0 Å². The fourth-order valence-corrected chi connectivity index (χ4v) is 2.54. The van der Waals surface area contributed by atoms with Crippen LogP contribution in [0.15, 0.2) is 36.5 Å². The van der Waals surface area contributed by atoms with Gasteiger partial charge < -0.3 is 4.74 Å². The van der Waals surface area contributed by atoms with E-state index in [2.05, 4.69) is 4.98 Å². The molecule has 2 aromatic rings. The first-order valence-corrected chi connectivity index (χ1v) is 7.07. The Labute approximate surface area is 134 Å². The number of ether oxygens (including phenoxy) is 1. The average Bonchev–Trinajstić information content (AvgIpc) is 2.52. The quantitative estimate of drug-likeness (QED) is 0.744. The van der Waals surface area contributed by atoms with Crippen molar-refractivity contribution >= 4 is 11.6 Å². The van der Waals surface area contributed by atoms with Crippen molar-refractivity contribution in [1.29, 1.82) is 0 Å². The van der Waals surface area contributed by atoms with E-state index in [4.69, 9.17) is 4.74 Å². The zero-order chi connectivity index (χ0) is 17.5. The molecule has 1 aromatic carbocycles. The molecule has 0 saturated heterocycles. The van der Waals surface area contributed by atoms with E-state index >= 15 is 0 Å². The molecule has 126 valence electrons. The second-order valence-electron chi connectivity index (χ2n) is 5.36. The third-order valence-corrected chi connectivity index (χ3v) is 3.56. The predicted molar refractivity (Wildman–Crippen MR) is 77.4 cm³/mol. The Morgan fingerprint density at radius 2 is 2.08 bits per heavy atom. The molecule has 0 aliphatic carbocycles. The lowest BCUT2D eigenvalue weighted by atomic mass is 10.0. The van der Waals surface area contributed by atoms with Crippen molar-refractivity contribution in [2.24, 2.45) is 0 Å². The molecule has 0 N–H and O–H groups in total. The van der Waals surface area contributed by atoms with Gasteiger partial charge in [-0.05, 0) is 37.3 Å². The van der Waals surface area contributed by atoms with Crippen molar-refractivity contribution < 1.29 is 27.1 Å². The number of carbonyl (C=O) groups is 1. The minimum Gasteiger partial charge on any atom is -0.471 e. The molecule has 0 fully saturated rings. The number of anilines is 1. The first-order valence-electron chi connectivity index (χ1n) is 7.07. The SMILES string of the molecule is CC1CN(C(=O)c2ccc(F)cc2C(F)(F)F)c2cccnc2O1. The van der Waals surface area contributed by atoms with E-state index in [9.17, 15) is 22.4 Å². The van der Waals surface area contributed by atoms with Gasteiger partial charge in [0.25, 0.3) is 5.91 Å². The van der Waals surface area contributed by atoms with Gasteiger partial charge in [0.15, 0.2) is 0 Å². The summed E-state index contributed by atoms with van der Waals surface area (Å²) in [4.78, 5) is 17.9. The molecule has 1 aliphatic heterocycles. The van der Waals surface area contributed by atoms with E-state index in [1.54, 1.807) is 13.0 Å². The molecule has 0 radical (unpaired) electrons. The van der Waals surface area contributed by atoms with Crippen LogP contribution in [0.5, 0.6) is 5.88 Å². The highest BCUT2D eigenvalue weighted by atomic mass is 19.4. The van der Waals surface area contributed by atoms with E-state index in [0.29, 0.717) is 6.07 Å². The van der Waals surface area contributed by atoms with Crippen molar-refractivity contribution in [3.63, 3.8) is 0 Å². The fourth-order valence-electron chi connectivity index (χ4n) is 2.54. The van der Waals surface area contributed by atoms with Crippen LogP contribution in [-0.4, -0.2) is 23.5 Å². The largest absolute Gasteiger partial charge is 0.471 e. The first kappa shape index (κ1) is 16.2. The summed E-state index contributed by atoms with van der Waals surface area (Å²) in [6, 6.07) is 5.07. The third-order valence-electron chi connectivity index (χ3n) is 3.56. The van der Waals surface area contributed by atoms with Crippen LogP contribution in [0.4, 0.5) is 23.2 Å². The molecule has 8 heteroatoms. The van der Waals surface area contributed by atoms with Crippen molar-refractivity contribution in [2.45, 2.75) is 19.2 Å². The van der Waals surface area contributed by atoms with Gasteiger partial charge in [-0.3, -0.25) is 9.69 Å². The van der Waals surface area contributed by atoms with Gasteiger partial charge in [-0.25, -0.2) is 9.37 Å². The van der Waals surface area contributed by atoms with Crippen LogP contribution in [0, 0.1) is 5.82 Å². The summed E-state index contributed by atoms with van der Waals surface area (Å²) in [6.45, 7) is 1.74. The Morgan fingerprint density at radius 1 is 1.33 bits per heavy atom. The van der Waals surface area contributed by atoms with Crippen molar-refractivity contribution in [2.75, 3.05) is 11.4 Å². The molecule has 2 heterocycles. The van der Waals surface area contributed by atoms with E-state index in [1.807, 2.05) is 0 Å². The lowest BCUT2D eigenvalue weighted by Crippen LogP contribution is -2.43. The summed E-state index contributed by atoms with van der Waals surface area (Å²) in [7, 11) is 0. The predicted octanol–water partition coefficient (Wildman–Crippen LogP) is 3.67. The fraction of sp³-hybridized carbons (Fsp3) is 0.250. The number of carbonyl (C=O) groups excluding carboxylic acids is 1. The molecule has 4 nitrogen and oxygen atoms in total. The van der Waals surface area contributed by atoms with Crippen LogP contribution in [0.2, 0.25) is 0 Å². The van der Waals surface area contributed by atoms with Crippen LogP contribution in [0.3, 0.4) is 0 Å². The molecule has 0 spiro atoms. The monoisotopic (exact) mass is 340 g/mol. The number of aromatic nitrogens is 1. The van der Waals surface area contributed by atoms with Crippen molar-refractivity contribution in [3.05, 3.63) is 53.5 Å². The Hall–Kier alpha value is -2.64. The molecule has 3 rings (SSSR count). The van der Waals surface area contributed by atoms with Crippen molar-refractivity contribution in [3.8, 4) is 5.88 Å². The van der Waals surface area contributed by atoms with Crippen LogP contribution in [0.25, 0.3) is 0 Å². The Kier molecular flexibility index (Phi) is 3.90. The molecule has 0 bridgehead atoms. The summed E-state index contributed by atoms with van der Waals surface area (Å²) in [5.41, 5.74) is -1.65. The lowest BCUT2D eigenvalue weighted by Gasteiger charge is -2.32. The van der Waals surface area contributed by atoms with E-state index < -0.39 is 35.1 Å². The number of rotatable bonds is 1. The number of fused-ring (bicyclic) bond motifs is 1. The Bertz CT molecular complexity index is 792. The summed E-state index contributed by atoms with van der Waals surface area (Å²) in [5.74, 6) is -1.77. The molecule has 1 atom stereocenters. The van der Waals surface area contributed by atoms with Crippen molar-refractivity contribution in [1.82, 2.24) is 4.98 Å². The zero-order valence-corrected chi connectivity index (χ0v) is 12.5. The summed E-state index contributed by atoms with van der Waals surface area (Å²) >= 11 is 0. The topological polar surface area (TPSA) is 42.4 Å². The number of benzene rings is 1. The molecule has 1 amide bonds. The van der Waals surface area contributed by atoms with Gasteiger partial charge >= 0.3 is 6.18 Å². The zero-order valence-electron chi connectivity index (χ0n) is 12.5. The minimum absolute atomic E-state index is 0.0617. The van der Waals surface area contributed by atoms with Gasteiger partial charge in [0.2, 0.25) is 5.88 Å². The van der Waals surface area contributed by atoms with Gasteiger partial charge in [0.05, 0.1) is 17.7 Å². The maximum Gasteiger partial charge on any atom is 0.417 e. The summed E-state index contributed by atoms with van der Waals surface area (Å²) in [6.07, 6.45) is -3.83. The number of hydrogen-bond donors (Lipinski definition) is 0. The van der Waals surface area contributed by atoms with Gasteiger partial charge in [0.1, 0.15) is 17.6 Å². The summed E-state index contributed by atoms with van der Waals surface area (Å²) < 4.78 is 58.2. The number of pyridine rings is 1. The smallest absolute Gasteiger partial charge is 0.417 e. The van der Waals surface area contributed by atoms with E-state index in [0.717, 1.165) is 12.1 Å². The minimum atomic E-state index is -4.84. The standard InChI is InChI=1S/C16H12F4N2O2/c1-9-8-22(13-3-2-6-21-14(13)24-9)15(23)11-5-4-10(17)7-12(11)16(18,19)20/h2-7,9H,8H2,1H3. The lowest BCUT2D eigenvalue weighted by molar-refractivity contribution is -0.138. The maximum absolute atomic E-state index is 13.2. The number of hydrogen-bond acceptors (Lipinski definition) is 3. The highest BCUT2D eigenvalue weighted by Crippen LogP contribution is 2.36. The van der Waals surface area contributed by atoms with E-state index in [1.165, 1.54) is 17.2 Å². The van der Waals surface area contributed by atoms with Gasteiger partial charge in [-0.2, -0.15) is 13.2 Å². The van der Waals surface area contributed by atoms with Crippen LogP contribution in [0.1, 0.15) is 22.8 Å². The second-order valence-corrected chi connectivity index (χ2v) is 5.36.